The summed E-state index contributed by atoms with van der Waals surface area (Å²) in [6.07, 6.45) is 3.34. The van der Waals surface area contributed by atoms with Crippen LogP contribution in [0.25, 0.3) is 0 Å². The summed E-state index contributed by atoms with van der Waals surface area (Å²) in [4.78, 5) is 22.2. The van der Waals surface area contributed by atoms with Gasteiger partial charge >= 0.3 is 0 Å². The fourth-order valence-electron chi connectivity index (χ4n) is 4.76. The predicted octanol–water partition coefficient (Wildman–Crippen LogP) is 4.07. The zero-order valence-electron chi connectivity index (χ0n) is 16.4. The molecule has 1 aromatic carbocycles. The van der Waals surface area contributed by atoms with Crippen LogP contribution in [0.2, 0.25) is 0 Å². The van der Waals surface area contributed by atoms with E-state index in [9.17, 15) is 4.79 Å². The van der Waals surface area contributed by atoms with Crippen molar-refractivity contribution in [2.24, 2.45) is 5.41 Å². The molecule has 2 saturated heterocycles. The molecule has 0 aliphatic carbocycles. The van der Waals surface area contributed by atoms with Gasteiger partial charge in [-0.3, -0.25) is 9.69 Å². The summed E-state index contributed by atoms with van der Waals surface area (Å²) in [6.45, 7) is 9.08. The molecule has 1 spiro atoms. The first kappa shape index (κ1) is 18.6. The van der Waals surface area contributed by atoms with Crippen molar-refractivity contribution in [2.75, 3.05) is 26.2 Å². The fourth-order valence-corrected chi connectivity index (χ4v) is 5.36. The first-order chi connectivity index (χ1) is 13.1. The van der Waals surface area contributed by atoms with Gasteiger partial charge in [-0.25, -0.2) is 4.98 Å². The molecule has 27 heavy (non-hydrogen) atoms. The van der Waals surface area contributed by atoms with E-state index in [1.807, 2.05) is 6.07 Å². The van der Waals surface area contributed by atoms with E-state index in [4.69, 9.17) is 0 Å². The van der Waals surface area contributed by atoms with Crippen LogP contribution in [0.5, 0.6) is 0 Å². The maximum Gasteiger partial charge on any atom is 0.230 e. The van der Waals surface area contributed by atoms with E-state index in [1.165, 1.54) is 24.1 Å². The van der Waals surface area contributed by atoms with E-state index in [2.05, 4.69) is 58.3 Å². The Bertz CT molecular complexity index is 780. The lowest BCUT2D eigenvalue weighted by molar-refractivity contribution is -0.141. The molecule has 2 aliphatic heterocycles. The molecule has 2 aromatic rings. The van der Waals surface area contributed by atoms with Crippen molar-refractivity contribution in [3.05, 3.63) is 52.0 Å². The lowest BCUT2D eigenvalue weighted by Gasteiger charge is -2.49. The minimum atomic E-state index is 0.0210. The van der Waals surface area contributed by atoms with Crippen molar-refractivity contribution in [3.63, 3.8) is 0 Å². The Morgan fingerprint density at radius 1 is 1.22 bits per heavy atom. The largest absolute Gasteiger partial charge is 0.342 e. The Morgan fingerprint density at radius 2 is 1.96 bits per heavy atom. The number of hydrogen-bond acceptors (Lipinski definition) is 4. The molecule has 0 N–H and O–H groups in total. The van der Waals surface area contributed by atoms with Crippen LogP contribution < -0.4 is 0 Å². The lowest BCUT2D eigenvalue weighted by atomic mass is 9.67. The standard InChI is InChI=1S/C22H29N3OS/c1-3-25-16-22(13-20(21(25)26)18-7-5-4-6-8-18)9-11-24(12-10-22)14-19-15-27-17(2)23-19/h4-8,15,20H,3,9-14,16H2,1-2H3/t20-/m1/s1. The molecule has 1 atom stereocenters. The molecule has 2 aliphatic rings. The number of carbonyl (C=O) groups is 1. The quantitative estimate of drug-likeness (QED) is 0.798. The van der Waals surface area contributed by atoms with Crippen LogP contribution in [-0.2, 0) is 11.3 Å². The van der Waals surface area contributed by atoms with Gasteiger partial charge in [-0.15, -0.1) is 11.3 Å². The summed E-state index contributed by atoms with van der Waals surface area (Å²) in [5.41, 5.74) is 2.64. The van der Waals surface area contributed by atoms with Gasteiger partial charge in [0, 0.05) is 25.0 Å². The van der Waals surface area contributed by atoms with Crippen LogP contribution in [0, 0.1) is 12.3 Å². The van der Waals surface area contributed by atoms with Crippen LogP contribution in [0.1, 0.15) is 48.4 Å². The zero-order valence-corrected chi connectivity index (χ0v) is 17.2. The van der Waals surface area contributed by atoms with Gasteiger partial charge < -0.3 is 4.90 Å². The number of hydrogen-bond donors (Lipinski definition) is 0. The highest BCUT2D eigenvalue weighted by molar-refractivity contribution is 7.09. The van der Waals surface area contributed by atoms with Crippen molar-refractivity contribution in [1.29, 1.82) is 0 Å². The van der Waals surface area contributed by atoms with E-state index in [0.717, 1.165) is 44.2 Å². The van der Waals surface area contributed by atoms with Crippen LogP contribution in [-0.4, -0.2) is 46.9 Å². The number of likely N-dealkylation sites (tertiary alicyclic amines) is 2. The first-order valence-corrected chi connectivity index (χ1v) is 10.9. The van der Waals surface area contributed by atoms with E-state index in [-0.39, 0.29) is 11.3 Å². The van der Waals surface area contributed by atoms with Crippen molar-refractivity contribution in [2.45, 2.75) is 45.6 Å². The maximum absolute atomic E-state index is 13.0. The molecule has 1 aromatic heterocycles. The molecule has 1 amide bonds. The molecule has 3 heterocycles. The molecular formula is C22H29N3OS. The van der Waals surface area contributed by atoms with Crippen molar-refractivity contribution in [1.82, 2.24) is 14.8 Å². The monoisotopic (exact) mass is 383 g/mol. The number of amides is 1. The van der Waals surface area contributed by atoms with Gasteiger partial charge in [0.15, 0.2) is 0 Å². The van der Waals surface area contributed by atoms with Gasteiger partial charge in [0.25, 0.3) is 0 Å². The van der Waals surface area contributed by atoms with Gasteiger partial charge in [0.2, 0.25) is 5.91 Å². The second-order valence-electron chi connectivity index (χ2n) is 8.15. The number of nitrogens with zero attached hydrogens (tertiary/aromatic N) is 3. The molecule has 0 unspecified atom stereocenters. The lowest BCUT2D eigenvalue weighted by Crippen LogP contribution is -2.53. The number of likely N-dealkylation sites (N-methyl/N-ethyl adjacent to an activating group) is 1. The summed E-state index contributed by atoms with van der Waals surface area (Å²) < 4.78 is 0. The second-order valence-corrected chi connectivity index (χ2v) is 9.22. The summed E-state index contributed by atoms with van der Waals surface area (Å²) in [6, 6.07) is 10.4. The third kappa shape index (κ3) is 3.94. The number of carbonyl (C=O) groups excluding carboxylic acids is 1. The van der Waals surface area contributed by atoms with Crippen molar-refractivity contribution >= 4 is 17.2 Å². The van der Waals surface area contributed by atoms with Gasteiger partial charge in [-0.1, -0.05) is 30.3 Å². The summed E-state index contributed by atoms with van der Waals surface area (Å²) in [7, 11) is 0. The number of piperidine rings is 2. The van der Waals surface area contributed by atoms with Crippen LogP contribution in [0.3, 0.4) is 0 Å². The minimum absolute atomic E-state index is 0.0210. The van der Waals surface area contributed by atoms with E-state index < -0.39 is 0 Å². The average molecular weight is 384 g/mol. The van der Waals surface area contributed by atoms with Crippen molar-refractivity contribution in [3.8, 4) is 0 Å². The molecule has 0 radical (unpaired) electrons. The van der Waals surface area contributed by atoms with E-state index in [0.29, 0.717) is 5.91 Å². The average Bonchev–Trinajstić information content (AvgIpc) is 3.11. The molecule has 5 heteroatoms. The third-order valence-corrected chi connectivity index (χ3v) is 7.15. The Hall–Kier alpha value is -1.72. The molecule has 0 bridgehead atoms. The van der Waals surface area contributed by atoms with Crippen LogP contribution in [0.4, 0.5) is 0 Å². The normalized spacial score (nSPS) is 23.1. The zero-order chi connectivity index (χ0) is 18.9. The summed E-state index contributed by atoms with van der Waals surface area (Å²) in [5.74, 6) is 0.336. The molecule has 4 nitrogen and oxygen atoms in total. The predicted molar refractivity (Wildman–Crippen MR) is 110 cm³/mol. The fraction of sp³-hybridized carbons (Fsp3) is 0.545. The van der Waals surface area contributed by atoms with Gasteiger partial charge in [0.1, 0.15) is 0 Å². The molecule has 144 valence electrons. The molecular weight excluding hydrogens is 354 g/mol. The summed E-state index contributed by atoms with van der Waals surface area (Å²) >= 11 is 1.73. The maximum atomic E-state index is 13.0. The first-order valence-electron chi connectivity index (χ1n) is 10.1. The molecule has 2 fully saturated rings. The van der Waals surface area contributed by atoms with E-state index in [1.54, 1.807) is 11.3 Å². The van der Waals surface area contributed by atoms with Crippen LogP contribution in [0.15, 0.2) is 35.7 Å². The van der Waals surface area contributed by atoms with E-state index >= 15 is 0 Å². The molecule has 0 saturated carbocycles. The SMILES string of the molecule is CCN1CC2(CCN(Cc3csc(C)n3)CC2)C[C@H](c2ccccc2)C1=O. The number of aromatic nitrogens is 1. The number of benzene rings is 1. The summed E-state index contributed by atoms with van der Waals surface area (Å²) in [5, 5.41) is 3.33. The van der Waals surface area contributed by atoms with Gasteiger partial charge in [0.05, 0.1) is 16.6 Å². The smallest absolute Gasteiger partial charge is 0.230 e. The highest BCUT2D eigenvalue weighted by Gasteiger charge is 2.45. The second kappa shape index (κ2) is 7.72. The Morgan fingerprint density at radius 3 is 2.59 bits per heavy atom. The third-order valence-electron chi connectivity index (χ3n) is 6.33. The Kier molecular flexibility index (Phi) is 5.33. The van der Waals surface area contributed by atoms with Gasteiger partial charge in [-0.2, -0.15) is 0 Å². The van der Waals surface area contributed by atoms with Crippen molar-refractivity contribution < 1.29 is 4.79 Å². The number of rotatable bonds is 4. The molecule has 4 rings (SSSR count). The minimum Gasteiger partial charge on any atom is -0.342 e. The Labute approximate surface area is 166 Å². The van der Waals surface area contributed by atoms with Crippen LogP contribution >= 0.6 is 11.3 Å². The number of thiazole rings is 1. The highest BCUT2D eigenvalue weighted by Crippen LogP contribution is 2.45. The topological polar surface area (TPSA) is 36.4 Å². The Balaban J connectivity index is 1.47. The van der Waals surface area contributed by atoms with Gasteiger partial charge in [-0.05, 0) is 57.2 Å². The highest BCUT2D eigenvalue weighted by atomic mass is 32.1. The number of aryl methyl sites for hydroxylation is 1.